The summed E-state index contributed by atoms with van der Waals surface area (Å²) in [6.45, 7) is 13.2. The molecule has 0 saturated heterocycles. The predicted octanol–water partition coefficient (Wildman–Crippen LogP) is 4.55. The summed E-state index contributed by atoms with van der Waals surface area (Å²) in [5, 5.41) is 11.2. The molecule has 0 bridgehead atoms. The largest absolute Gasteiger partial charge is 0.491 e. The van der Waals surface area contributed by atoms with Crippen molar-refractivity contribution in [2.45, 2.75) is 51.9 Å². The summed E-state index contributed by atoms with van der Waals surface area (Å²) in [5.41, 5.74) is 0.463. The van der Waals surface area contributed by atoms with Gasteiger partial charge in [-0.25, -0.2) is 9.18 Å². The van der Waals surface area contributed by atoms with E-state index in [9.17, 15) is 9.18 Å². The Morgan fingerprint density at radius 3 is 2.50 bits per heavy atom. The van der Waals surface area contributed by atoms with Crippen molar-refractivity contribution in [1.29, 1.82) is 0 Å². The van der Waals surface area contributed by atoms with Crippen LogP contribution < -0.4 is 10.1 Å². The van der Waals surface area contributed by atoms with E-state index in [-0.39, 0.29) is 5.04 Å². The lowest BCUT2D eigenvalue weighted by Crippen LogP contribution is -2.41. The lowest BCUT2D eigenvalue weighted by atomic mass is 10.1. The second-order valence-corrected chi connectivity index (χ2v) is 12.1. The molecule has 1 aromatic rings. The Morgan fingerprint density at radius 1 is 1.33 bits per heavy atom. The van der Waals surface area contributed by atoms with E-state index in [0.29, 0.717) is 24.5 Å². The van der Waals surface area contributed by atoms with Gasteiger partial charge in [0.2, 0.25) is 0 Å². The molecule has 5 nitrogen and oxygen atoms in total. The summed E-state index contributed by atoms with van der Waals surface area (Å²) in [7, 11) is -1.84. The molecular formula is C17H28FNO4Si. The molecule has 0 aliphatic carbocycles. The molecule has 136 valence electrons. The van der Waals surface area contributed by atoms with E-state index in [1.54, 1.807) is 6.92 Å². The van der Waals surface area contributed by atoms with Crippen LogP contribution >= 0.6 is 0 Å². The van der Waals surface area contributed by atoms with Gasteiger partial charge < -0.3 is 19.6 Å². The number of carboxylic acid groups (broad SMARTS) is 1. The number of carbonyl (C=O) groups is 1. The molecule has 1 rings (SSSR count). The van der Waals surface area contributed by atoms with Gasteiger partial charge >= 0.3 is 6.09 Å². The Hall–Kier alpha value is -1.60. The SMILES string of the molecule is C[C@@H](NC(=O)O)c1cc(F)ccc1OCCO[Si](C)(C)C(C)(C)C. The van der Waals surface area contributed by atoms with Crippen LogP contribution in [-0.2, 0) is 4.43 Å². The van der Waals surface area contributed by atoms with Crippen molar-refractivity contribution < 1.29 is 23.5 Å². The molecule has 24 heavy (non-hydrogen) atoms. The summed E-state index contributed by atoms with van der Waals surface area (Å²) in [6, 6.07) is 3.51. The van der Waals surface area contributed by atoms with Gasteiger partial charge in [-0.2, -0.15) is 0 Å². The van der Waals surface area contributed by atoms with E-state index in [0.717, 1.165) is 0 Å². The number of halogens is 1. The third-order valence-electron chi connectivity index (χ3n) is 4.39. The Balaban J connectivity index is 2.70. The van der Waals surface area contributed by atoms with Crippen LogP contribution in [0.25, 0.3) is 0 Å². The van der Waals surface area contributed by atoms with Gasteiger partial charge in [-0.15, -0.1) is 0 Å². The minimum Gasteiger partial charge on any atom is -0.491 e. The zero-order valence-corrected chi connectivity index (χ0v) is 16.3. The van der Waals surface area contributed by atoms with Crippen molar-refractivity contribution in [3.63, 3.8) is 0 Å². The van der Waals surface area contributed by atoms with Crippen LogP contribution in [0.5, 0.6) is 5.75 Å². The number of rotatable bonds is 7. The Morgan fingerprint density at radius 2 is 1.96 bits per heavy atom. The van der Waals surface area contributed by atoms with Crippen LogP contribution in [0.4, 0.5) is 9.18 Å². The van der Waals surface area contributed by atoms with E-state index in [1.807, 2.05) is 0 Å². The van der Waals surface area contributed by atoms with E-state index in [4.69, 9.17) is 14.3 Å². The van der Waals surface area contributed by atoms with Crippen molar-refractivity contribution in [2.24, 2.45) is 0 Å². The highest BCUT2D eigenvalue weighted by molar-refractivity contribution is 6.74. The third kappa shape index (κ3) is 5.79. The highest BCUT2D eigenvalue weighted by Gasteiger charge is 2.36. The molecule has 0 aliphatic rings. The van der Waals surface area contributed by atoms with Crippen molar-refractivity contribution in [3.05, 3.63) is 29.6 Å². The first-order valence-electron chi connectivity index (χ1n) is 8.00. The zero-order valence-electron chi connectivity index (χ0n) is 15.3. The summed E-state index contributed by atoms with van der Waals surface area (Å²) in [4.78, 5) is 10.8. The average Bonchev–Trinajstić information content (AvgIpc) is 2.42. The predicted molar refractivity (Wildman–Crippen MR) is 94.6 cm³/mol. The highest BCUT2D eigenvalue weighted by atomic mass is 28.4. The molecule has 1 atom stereocenters. The van der Waals surface area contributed by atoms with Gasteiger partial charge in [-0.3, -0.25) is 0 Å². The summed E-state index contributed by atoms with van der Waals surface area (Å²) >= 11 is 0. The van der Waals surface area contributed by atoms with Crippen LogP contribution in [0.15, 0.2) is 18.2 Å². The molecule has 7 heteroatoms. The molecule has 1 amide bonds. The smallest absolute Gasteiger partial charge is 0.405 e. The summed E-state index contributed by atoms with van der Waals surface area (Å²) in [5.74, 6) is 0.0189. The van der Waals surface area contributed by atoms with Crippen molar-refractivity contribution in [3.8, 4) is 5.75 Å². The molecule has 0 aromatic heterocycles. The van der Waals surface area contributed by atoms with Gasteiger partial charge in [0.1, 0.15) is 18.2 Å². The number of benzene rings is 1. The molecule has 0 saturated carbocycles. The van der Waals surface area contributed by atoms with Crippen LogP contribution in [0.3, 0.4) is 0 Å². The standard InChI is InChI=1S/C17H28FNO4Si/c1-12(19-16(20)21)14-11-13(18)7-8-15(14)22-9-10-23-24(5,6)17(2,3)4/h7-8,11-12,19H,9-10H2,1-6H3,(H,20,21)/t12-/m1/s1. The molecule has 2 N–H and O–H groups in total. The molecule has 1 aromatic carbocycles. The zero-order chi connectivity index (χ0) is 18.5. The van der Waals surface area contributed by atoms with Gasteiger partial charge in [-0.1, -0.05) is 20.8 Å². The minimum atomic E-state index is -1.84. The average molecular weight is 357 g/mol. The van der Waals surface area contributed by atoms with Crippen molar-refractivity contribution in [1.82, 2.24) is 5.32 Å². The first-order valence-corrected chi connectivity index (χ1v) is 10.9. The topological polar surface area (TPSA) is 67.8 Å². The maximum Gasteiger partial charge on any atom is 0.405 e. The van der Waals surface area contributed by atoms with Gasteiger partial charge in [-0.05, 0) is 43.3 Å². The van der Waals surface area contributed by atoms with Crippen LogP contribution in [0, 0.1) is 5.82 Å². The molecule has 0 unspecified atom stereocenters. The van der Waals surface area contributed by atoms with E-state index < -0.39 is 26.3 Å². The van der Waals surface area contributed by atoms with Crippen LogP contribution in [0.2, 0.25) is 18.1 Å². The maximum atomic E-state index is 13.5. The number of amides is 1. The molecule has 0 radical (unpaired) electrons. The first kappa shape index (κ1) is 20.4. The lowest BCUT2D eigenvalue weighted by Gasteiger charge is -2.36. The second-order valence-electron chi connectivity index (χ2n) is 7.31. The van der Waals surface area contributed by atoms with Gasteiger partial charge in [0.15, 0.2) is 8.32 Å². The number of ether oxygens (including phenoxy) is 1. The number of hydrogen-bond acceptors (Lipinski definition) is 3. The Bertz CT molecular complexity index is 572. The first-order chi connectivity index (χ1) is 10.9. The molecule has 0 aliphatic heterocycles. The molecule has 0 heterocycles. The van der Waals surface area contributed by atoms with Gasteiger partial charge in [0.05, 0.1) is 12.6 Å². The van der Waals surface area contributed by atoms with Crippen LogP contribution in [0.1, 0.15) is 39.3 Å². The van der Waals surface area contributed by atoms with Crippen LogP contribution in [-0.4, -0.2) is 32.7 Å². The fourth-order valence-corrected chi connectivity index (χ4v) is 2.94. The number of hydrogen-bond donors (Lipinski definition) is 2. The highest BCUT2D eigenvalue weighted by Crippen LogP contribution is 2.36. The lowest BCUT2D eigenvalue weighted by molar-refractivity contribution is 0.189. The maximum absolute atomic E-state index is 13.5. The fraction of sp³-hybridized carbons (Fsp3) is 0.588. The molecule has 0 fully saturated rings. The summed E-state index contributed by atoms with van der Waals surface area (Å²) in [6.07, 6.45) is -1.17. The Kier molecular flexibility index (Phi) is 6.80. The van der Waals surface area contributed by atoms with Gasteiger partial charge in [0, 0.05) is 5.56 Å². The minimum absolute atomic E-state index is 0.119. The monoisotopic (exact) mass is 357 g/mol. The van der Waals surface area contributed by atoms with Crippen molar-refractivity contribution >= 4 is 14.4 Å². The second kappa shape index (κ2) is 7.98. The van der Waals surface area contributed by atoms with E-state index >= 15 is 0 Å². The van der Waals surface area contributed by atoms with Crippen molar-refractivity contribution in [2.75, 3.05) is 13.2 Å². The van der Waals surface area contributed by atoms with E-state index in [1.165, 1.54) is 18.2 Å². The molecule has 0 spiro atoms. The third-order valence-corrected chi connectivity index (χ3v) is 8.93. The molecular weight excluding hydrogens is 329 g/mol. The normalized spacial score (nSPS) is 13.5. The fourth-order valence-electron chi connectivity index (χ4n) is 1.92. The van der Waals surface area contributed by atoms with Gasteiger partial charge in [0.25, 0.3) is 0 Å². The Labute approximate surface area is 144 Å². The van der Waals surface area contributed by atoms with E-state index in [2.05, 4.69) is 39.2 Å². The number of nitrogens with one attached hydrogen (secondary N) is 1. The quantitative estimate of drug-likeness (QED) is 0.555. The summed E-state index contributed by atoms with van der Waals surface area (Å²) < 4.78 is 25.2.